The predicted octanol–water partition coefficient (Wildman–Crippen LogP) is 1.88. The summed E-state index contributed by atoms with van der Waals surface area (Å²) in [6.07, 6.45) is 4.02. The lowest BCUT2D eigenvalue weighted by molar-refractivity contribution is -0.124. The van der Waals surface area contributed by atoms with Crippen LogP contribution in [0.25, 0.3) is 10.9 Å². The molecule has 154 valence electrons. The molecule has 0 saturated carbocycles. The average molecular weight is 416 g/mol. The highest BCUT2D eigenvalue weighted by atomic mass is 32.2. The van der Waals surface area contributed by atoms with Gasteiger partial charge in [0.05, 0.1) is 22.6 Å². The molecule has 1 aromatic carbocycles. The van der Waals surface area contributed by atoms with Crippen molar-refractivity contribution in [1.29, 1.82) is 0 Å². The molecule has 1 N–H and O–H groups in total. The fraction of sp³-hybridized carbons (Fsp3) is 0.476. The van der Waals surface area contributed by atoms with Crippen LogP contribution in [-0.2, 0) is 32.2 Å². The monoisotopic (exact) mass is 416 g/mol. The van der Waals surface area contributed by atoms with E-state index in [1.807, 2.05) is 25.1 Å². The minimum Gasteiger partial charge on any atom is -0.452 e. The van der Waals surface area contributed by atoms with Gasteiger partial charge in [0.2, 0.25) is 0 Å². The number of nitrogens with one attached hydrogen (secondary N) is 1. The molecule has 2 aromatic rings. The number of ether oxygens (including phenoxy) is 1. The summed E-state index contributed by atoms with van der Waals surface area (Å²) in [5.74, 6) is -1.00. The van der Waals surface area contributed by atoms with Gasteiger partial charge in [0.25, 0.3) is 5.91 Å². The molecule has 2 aliphatic rings. The minimum absolute atomic E-state index is 0.0610. The zero-order valence-electron chi connectivity index (χ0n) is 16.4. The van der Waals surface area contributed by atoms with Gasteiger partial charge in [-0.05, 0) is 56.7 Å². The van der Waals surface area contributed by atoms with Crippen LogP contribution < -0.4 is 5.32 Å². The maximum atomic E-state index is 13.0. The van der Waals surface area contributed by atoms with E-state index in [-0.39, 0.29) is 11.5 Å². The Morgan fingerprint density at radius 1 is 1.24 bits per heavy atom. The van der Waals surface area contributed by atoms with Crippen LogP contribution in [0, 0.1) is 6.92 Å². The number of hydrogen-bond acceptors (Lipinski definition) is 6. The van der Waals surface area contributed by atoms with Crippen LogP contribution in [0.1, 0.15) is 46.4 Å². The van der Waals surface area contributed by atoms with Gasteiger partial charge in [0.15, 0.2) is 16.4 Å². The molecular weight excluding hydrogens is 392 g/mol. The van der Waals surface area contributed by atoms with E-state index >= 15 is 0 Å². The second-order valence-electron chi connectivity index (χ2n) is 7.88. The number of carbonyl (C=O) groups excluding carboxylic acids is 2. The summed E-state index contributed by atoms with van der Waals surface area (Å²) in [6.45, 7) is 1.52. The molecule has 29 heavy (non-hydrogen) atoms. The average Bonchev–Trinajstić information content (AvgIpc) is 3.02. The van der Waals surface area contributed by atoms with Gasteiger partial charge in [-0.2, -0.15) is 0 Å². The summed E-state index contributed by atoms with van der Waals surface area (Å²) in [7, 11) is -3.08. The third-order valence-electron chi connectivity index (χ3n) is 5.55. The van der Waals surface area contributed by atoms with E-state index in [4.69, 9.17) is 9.72 Å². The van der Waals surface area contributed by atoms with Crippen molar-refractivity contribution in [2.24, 2.45) is 0 Å². The van der Waals surface area contributed by atoms with Crippen molar-refractivity contribution in [3.8, 4) is 0 Å². The van der Waals surface area contributed by atoms with Crippen LogP contribution in [-0.4, -0.2) is 49.4 Å². The molecule has 7 nitrogen and oxygen atoms in total. The number of amides is 1. The highest BCUT2D eigenvalue weighted by Gasteiger charge is 2.29. The molecule has 1 aliphatic heterocycles. The van der Waals surface area contributed by atoms with Crippen molar-refractivity contribution in [3.05, 3.63) is 40.6 Å². The Bertz CT molecular complexity index is 1090. The third kappa shape index (κ3) is 4.27. The normalized spacial score (nSPS) is 20.2. The van der Waals surface area contributed by atoms with Crippen molar-refractivity contribution in [1.82, 2.24) is 10.3 Å². The van der Waals surface area contributed by atoms with Crippen LogP contribution >= 0.6 is 0 Å². The summed E-state index contributed by atoms with van der Waals surface area (Å²) < 4.78 is 28.4. The molecule has 0 bridgehead atoms. The van der Waals surface area contributed by atoms with Gasteiger partial charge in [-0.3, -0.25) is 9.78 Å². The van der Waals surface area contributed by atoms with E-state index < -0.39 is 34.4 Å². The van der Waals surface area contributed by atoms with Crippen molar-refractivity contribution in [2.45, 2.75) is 45.1 Å². The molecule has 1 amide bonds. The fourth-order valence-corrected chi connectivity index (χ4v) is 5.83. The van der Waals surface area contributed by atoms with Crippen molar-refractivity contribution in [2.75, 3.05) is 18.1 Å². The number of hydrogen-bond donors (Lipinski definition) is 1. The Balaban J connectivity index is 1.53. The van der Waals surface area contributed by atoms with Crippen molar-refractivity contribution < 1.29 is 22.7 Å². The first kappa shape index (κ1) is 19.8. The van der Waals surface area contributed by atoms with Gasteiger partial charge < -0.3 is 10.1 Å². The van der Waals surface area contributed by atoms with Crippen molar-refractivity contribution >= 4 is 32.6 Å². The van der Waals surface area contributed by atoms with Crippen LogP contribution in [0.4, 0.5) is 0 Å². The number of nitrogens with zero attached hydrogens (tertiary/aromatic N) is 1. The van der Waals surface area contributed by atoms with E-state index in [0.717, 1.165) is 53.4 Å². The van der Waals surface area contributed by atoms with E-state index in [9.17, 15) is 18.0 Å². The molecule has 1 atom stereocenters. The second-order valence-corrected chi connectivity index (χ2v) is 10.1. The zero-order chi connectivity index (χ0) is 20.6. The number of aromatic nitrogens is 1. The first-order valence-electron chi connectivity index (χ1n) is 9.91. The lowest BCUT2D eigenvalue weighted by atomic mass is 9.89. The molecule has 4 rings (SSSR count). The Morgan fingerprint density at radius 2 is 2.03 bits per heavy atom. The Morgan fingerprint density at radius 3 is 2.79 bits per heavy atom. The van der Waals surface area contributed by atoms with Crippen LogP contribution in [0.15, 0.2) is 18.2 Å². The number of benzene rings is 1. The van der Waals surface area contributed by atoms with Gasteiger partial charge in [-0.15, -0.1) is 0 Å². The molecule has 1 saturated heterocycles. The van der Waals surface area contributed by atoms with E-state index in [1.165, 1.54) is 0 Å². The standard InChI is InChI=1S/C21H24N2O5S/c1-13-6-7-18-16(10-13)20(15-4-2-3-5-17(15)23-18)21(25)28-11-19(24)22-14-8-9-29(26,27)12-14/h6-7,10,14H,2-5,8-9,11-12H2,1H3,(H,22,24)/t14-/m0/s1. The van der Waals surface area contributed by atoms with Gasteiger partial charge in [-0.25, -0.2) is 13.2 Å². The number of carbonyl (C=O) groups is 2. The highest BCUT2D eigenvalue weighted by Crippen LogP contribution is 2.30. The molecule has 1 aromatic heterocycles. The van der Waals surface area contributed by atoms with Crippen LogP contribution in [0.5, 0.6) is 0 Å². The Hall–Kier alpha value is -2.48. The van der Waals surface area contributed by atoms with Gasteiger partial charge in [0, 0.05) is 17.1 Å². The molecule has 1 fully saturated rings. The fourth-order valence-electron chi connectivity index (χ4n) is 4.15. The van der Waals surface area contributed by atoms with E-state index in [2.05, 4.69) is 5.32 Å². The number of aryl methyl sites for hydroxylation is 2. The molecular formula is C21H24N2O5S. The Kier molecular flexibility index (Phi) is 5.29. The lowest BCUT2D eigenvalue weighted by Gasteiger charge is -2.20. The maximum Gasteiger partial charge on any atom is 0.339 e. The molecule has 0 radical (unpaired) electrons. The molecule has 0 unspecified atom stereocenters. The predicted molar refractivity (Wildman–Crippen MR) is 109 cm³/mol. The molecule has 0 spiro atoms. The SMILES string of the molecule is Cc1ccc2nc3c(c(C(=O)OCC(=O)N[C@H]4CCS(=O)(=O)C4)c2c1)CCCC3. The van der Waals surface area contributed by atoms with E-state index in [1.54, 1.807) is 0 Å². The van der Waals surface area contributed by atoms with Crippen LogP contribution in [0.2, 0.25) is 0 Å². The quantitative estimate of drug-likeness (QED) is 0.764. The molecule has 1 aliphatic carbocycles. The number of sulfone groups is 1. The van der Waals surface area contributed by atoms with Gasteiger partial charge >= 0.3 is 5.97 Å². The molecule has 8 heteroatoms. The number of rotatable bonds is 4. The maximum absolute atomic E-state index is 13.0. The smallest absolute Gasteiger partial charge is 0.339 e. The first-order valence-corrected chi connectivity index (χ1v) is 11.7. The summed E-state index contributed by atoms with van der Waals surface area (Å²) in [5, 5.41) is 3.39. The topological polar surface area (TPSA) is 102 Å². The summed E-state index contributed by atoms with van der Waals surface area (Å²) >= 11 is 0. The van der Waals surface area contributed by atoms with Gasteiger partial charge in [0.1, 0.15) is 0 Å². The third-order valence-corrected chi connectivity index (χ3v) is 7.32. The number of pyridine rings is 1. The second kappa shape index (κ2) is 7.74. The molecule has 2 heterocycles. The highest BCUT2D eigenvalue weighted by molar-refractivity contribution is 7.91. The van der Waals surface area contributed by atoms with Crippen LogP contribution in [0.3, 0.4) is 0 Å². The zero-order valence-corrected chi connectivity index (χ0v) is 17.2. The summed E-state index contributed by atoms with van der Waals surface area (Å²) in [5.41, 5.74) is 4.12. The minimum atomic E-state index is -3.08. The van der Waals surface area contributed by atoms with Gasteiger partial charge in [-0.1, -0.05) is 11.6 Å². The number of esters is 1. The Labute approximate surface area is 169 Å². The number of fused-ring (bicyclic) bond motifs is 2. The first-order chi connectivity index (χ1) is 13.8. The van der Waals surface area contributed by atoms with Crippen molar-refractivity contribution in [3.63, 3.8) is 0 Å². The van der Waals surface area contributed by atoms with E-state index in [0.29, 0.717) is 12.0 Å². The lowest BCUT2D eigenvalue weighted by Crippen LogP contribution is -2.38. The summed E-state index contributed by atoms with van der Waals surface area (Å²) in [6, 6.07) is 5.38. The summed E-state index contributed by atoms with van der Waals surface area (Å²) in [4.78, 5) is 29.9. The largest absolute Gasteiger partial charge is 0.452 e.